The summed E-state index contributed by atoms with van der Waals surface area (Å²) in [5.74, 6) is 1.18. The number of nitrogens with zero attached hydrogens (tertiary/aromatic N) is 3. The fraction of sp³-hybridized carbons (Fsp3) is 0.636. The topological polar surface area (TPSA) is 55.0 Å². The number of piperidine rings is 1. The van der Waals surface area contributed by atoms with Crippen LogP contribution in [0.4, 0.5) is 16.2 Å². The standard InChI is InChI=1S/C11H17FN4/c1-7-3-8(2)6-16(5-7)10-9(12)4-14-11(13)15-10/h4,7-8H,3,5-6H2,1-2H3,(H2,13,14,15). The van der Waals surface area contributed by atoms with Gasteiger partial charge in [0.15, 0.2) is 11.6 Å². The Kier molecular flexibility index (Phi) is 2.94. The zero-order valence-corrected chi connectivity index (χ0v) is 9.65. The van der Waals surface area contributed by atoms with Gasteiger partial charge in [-0.15, -0.1) is 0 Å². The molecule has 2 atom stereocenters. The second kappa shape index (κ2) is 4.23. The molecule has 2 unspecified atom stereocenters. The highest BCUT2D eigenvalue weighted by Crippen LogP contribution is 2.26. The SMILES string of the molecule is CC1CC(C)CN(c2nc(N)ncc2F)C1. The van der Waals surface area contributed by atoms with Gasteiger partial charge in [0, 0.05) is 13.1 Å². The van der Waals surface area contributed by atoms with Crippen LogP contribution >= 0.6 is 0 Å². The van der Waals surface area contributed by atoms with E-state index in [2.05, 4.69) is 23.8 Å². The van der Waals surface area contributed by atoms with E-state index < -0.39 is 5.82 Å². The van der Waals surface area contributed by atoms with Crippen LogP contribution < -0.4 is 10.6 Å². The van der Waals surface area contributed by atoms with Gasteiger partial charge in [-0.2, -0.15) is 4.98 Å². The van der Waals surface area contributed by atoms with E-state index in [0.717, 1.165) is 19.3 Å². The number of nitrogen functional groups attached to an aromatic ring is 1. The molecule has 4 nitrogen and oxygen atoms in total. The van der Waals surface area contributed by atoms with Crippen LogP contribution in [-0.2, 0) is 0 Å². The van der Waals surface area contributed by atoms with E-state index in [1.165, 1.54) is 6.42 Å². The first-order chi connectivity index (χ1) is 7.56. The first-order valence-corrected chi connectivity index (χ1v) is 5.59. The summed E-state index contributed by atoms with van der Waals surface area (Å²) in [6.45, 7) is 6.01. The van der Waals surface area contributed by atoms with Gasteiger partial charge in [0.25, 0.3) is 0 Å². The smallest absolute Gasteiger partial charge is 0.222 e. The van der Waals surface area contributed by atoms with Crippen LogP contribution in [0.2, 0.25) is 0 Å². The lowest BCUT2D eigenvalue weighted by molar-refractivity contribution is 0.352. The fourth-order valence-corrected chi connectivity index (χ4v) is 2.43. The molecular weight excluding hydrogens is 207 g/mol. The predicted octanol–water partition coefficient (Wildman–Crippen LogP) is 1.68. The van der Waals surface area contributed by atoms with Crippen LogP contribution in [0.5, 0.6) is 0 Å². The Morgan fingerprint density at radius 1 is 1.38 bits per heavy atom. The molecule has 0 aliphatic carbocycles. The van der Waals surface area contributed by atoms with Gasteiger partial charge < -0.3 is 10.6 Å². The third-order valence-corrected chi connectivity index (χ3v) is 2.91. The van der Waals surface area contributed by atoms with Crippen LogP contribution in [0, 0.1) is 17.7 Å². The van der Waals surface area contributed by atoms with Crippen molar-refractivity contribution in [2.75, 3.05) is 23.7 Å². The van der Waals surface area contributed by atoms with Crippen molar-refractivity contribution in [2.24, 2.45) is 11.8 Å². The van der Waals surface area contributed by atoms with Gasteiger partial charge in [0.05, 0.1) is 6.20 Å². The largest absolute Gasteiger partial charge is 0.368 e. The molecular formula is C11H17FN4. The molecule has 0 saturated carbocycles. The highest BCUT2D eigenvalue weighted by Gasteiger charge is 2.24. The molecule has 0 radical (unpaired) electrons. The Morgan fingerprint density at radius 3 is 2.62 bits per heavy atom. The summed E-state index contributed by atoms with van der Waals surface area (Å²) in [5, 5.41) is 0. The molecule has 16 heavy (non-hydrogen) atoms. The Morgan fingerprint density at radius 2 is 2.00 bits per heavy atom. The van der Waals surface area contributed by atoms with Gasteiger partial charge in [-0.3, -0.25) is 0 Å². The van der Waals surface area contributed by atoms with Crippen molar-refractivity contribution in [3.05, 3.63) is 12.0 Å². The molecule has 0 spiro atoms. The van der Waals surface area contributed by atoms with E-state index in [1.807, 2.05) is 4.90 Å². The summed E-state index contributed by atoms with van der Waals surface area (Å²) in [6, 6.07) is 0. The molecule has 1 aromatic heterocycles. The maximum atomic E-state index is 13.6. The number of anilines is 2. The molecule has 1 fully saturated rings. The molecule has 1 aliphatic rings. The minimum absolute atomic E-state index is 0.127. The Labute approximate surface area is 94.7 Å². The summed E-state index contributed by atoms with van der Waals surface area (Å²) in [4.78, 5) is 9.58. The number of aromatic nitrogens is 2. The normalized spacial score (nSPS) is 25.8. The van der Waals surface area contributed by atoms with E-state index in [9.17, 15) is 4.39 Å². The quantitative estimate of drug-likeness (QED) is 0.788. The average molecular weight is 224 g/mol. The number of nitrogens with two attached hydrogens (primary N) is 1. The van der Waals surface area contributed by atoms with Gasteiger partial charge in [-0.1, -0.05) is 13.8 Å². The van der Waals surface area contributed by atoms with Crippen molar-refractivity contribution < 1.29 is 4.39 Å². The van der Waals surface area contributed by atoms with Gasteiger partial charge in [0.1, 0.15) is 0 Å². The second-order valence-corrected chi connectivity index (χ2v) is 4.75. The number of hydrogen-bond donors (Lipinski definition) is 1. The molecule has 5 heteroatoms. The van der Waals surface area contributed by atoms with E-state index >= 15 is 0 Å². The molecule has 1 aromatic rings. The highest BCUT2D eigenvalue weighted by atomic mass is 19.1. The lowest BCUT2D eigenvalue weighted by Crippen LogP contribution is -2.39. The Bertz CT molecular complexity index is 372. The molecule has 0 bridgehead atoms. The third kappa shape index (κ3) is 2.23. The first kappa shape index (κ1) is 11.1. The van der Waals surface area contributed by atoms with Gasteiger partial charge in [0.2, 0.25) is 5.95 Å². The Balaban J connectivity index is 2.25. The monoisotopic (exact) mass is 224 g/mol. The van der Waals surface area contributed by atoms with Crippen molar-refractivity contribution in [1.29, 1.82) is 0 Å². The average Bonchev–Trinajstić information content (AvgIpc) is 2.20. The number of halogens is 1. The molecule has 2 heterocycles. The summed E-state index contributed by atoms with van der Waals surface area (Å²) in [5.41, 5.74) is 5.49. The first-order valence-electron chi connectivity index (χ1n) is 5.59. The number of rotatable bonds is 1. The van der Waals surface area contributed by atoms with Gasteiger partial charge in [-0.25, -0.2) is 9.37 Å². The van der Waals surface area contributed by atoms with Crippen LogP contribution in [0.15, 0.2) is 6.20 Å². The van der Waals surface area contributed by atoms with E-state index in [-0.39, 0.29) is 5.95 Å². The summed E-state index contributed by atoms with van der Waals surface area (Å²) in [7, 11) is 0. The molecule has 2 rings (SSSR count). The fourth-order valence-electron chi connectivity index (χ4n) is 2.43. The van der Waals surface area contributed by atoms with Crippen LogP contribution in [-0.4, -0.2) is 23.1 Å². The van der Waals surface area contributed by atoms with Crippen molar-refractivity contribution in [3.8, 4) is 0 Å². The summed E-state index contributed by atoms with van der Waals surface area (Å²) < 4.78 is 13.6. The lowest BCUT2D eigenvalue weighted by Gasteiger charge is -2.35. The minimum atomic E-state index is -0.393. The zero-order valence-electron chi connectivity index (χ0n) is 9.65. The van der Waals surface area contributed by atoms with Gasteiger partial charge in [-0.05, 0) is 18.3 Å². The van der Waals surface area contributed by atoms with Crippen molar-refractivity contribution >= 4 is 11.8 Å². The lowest BCUT2D eigenvalue weighted by atomic mass is 9.92. The molecule has 1 saturated heterocycles. The number of hydrogen-bond acceptors (Lipinski definition) is 4. The van der Waals surface area contributed by atoms with Crippen LogP contribution in [0.3, 0.4) is 0 Å². The molecule has 0 aromatic carbocycles. The summed E-state index contributed by atoms with van der Waals surface area (Å²) in [6.07, 6.45) is 2.32. The van der Waals surface area contributed by atoms with E-state index in [1.54, 1.807) is 0 Å². The maximum Gasteiger partial charge on any atom is 0.222 e. The molecule has 0 amide bonds. The van der Waals surface area contributed by atoms with Crippen LogP contribution in [0.1, 0.15) is 20.3 Å². The maximum absolute atomic E-state index is 13.6. The molecule has 2 N–H and O–H groups in total. The van der Waals surface area contributed by atoms with Crippen LogP contribution in [0.25, 0.3) is 0 Å². The Hall–Kier alpha value is -1.39. The van der Waals surface area contributed by atoms with Crippen molar-refractivity contribution in [1.82, 2.24) is 9.97 Å². The zero-order chi connectivity index (χ0) is 11.7. The highest BCUT2D eigenvalue weighted by molar-refractivity contribution is 5.43. The third-order valence-electron chi connectivity index (χ3n) is 2.91. The van der Waals surface area contributed by atoms with Crippen molar-refractivity contribution in [2.45, 2.75) is 20.3 Å². The van der Waals surface area contributed by atoms with Crippen molar-refractivity contribution in [3.63, 3.8) is 0 Å². The molecule has 88 valence electrons. The van der Waals surface area contributed by atoms with E-state index in [4.69, 9.17) is 5.73 Å². The summed E-state index contributed by atoms with van der Waals surface area (Å²) >= 11 is 0. The van der Waals surface area contributed by atoms with E-state index in [0.29, 0.717) is 17.7 Å². The second-order valence-electron chi connectivity index (χ2n) is 4.75. The minimum Gasteiger partial charge on any atom is -0.368 e. The van der Waals surface area contributed by atoms with Gasteiger partial charge >= 0.3 is 0 Å². The predicted molar refractivity (Wildman–Crippen MR) is 61.6 cm³/mol. The molecule has 1 aliphatic heterocycles.